The smallest absolute Gasteiger partial charge is 0.122 e. The van der Waals surface area contributed by atoms with Gasteiger partial charge in [-0.25, -0.2) is 0 Å². The van der Waals surface area contributed by atoms with E-state index in [0.717, 1.165) is 35.9 Å². The number of fused-ring (bicyclic) bond motifs is 2. The second-order valence-corrected chi connectivity index (χ2v) is 5.88. The third-order valence-electron chi connectivity index (χ3n) is 4.72. The van der Waals surface area contributed by atoms with Crippen LogP contribution in [0.1, 0.15) is 31.2 Å². The molecule has 19 heavy (non-hydrogen) atoms. The molecule has 2 fully saturated rings. The zero-order valence-corrected chi connectivity index (χ0v) is 11.8. The molecular formula is C16H23NO2. The summed E-state index contributed by atoms with van der Waals surface area (Å²) in [5, 5.41) is 3.72. The first kappa shape index (κ1) is 12.8. The molecule has 0 saturated heterocycles. The molecule has 104 valence electrons. The van der Waals surface area contributed by atoms with Gasteiger partial charge in [-0.2, -0.15) is 0 Å². The van der Waals surface area contributed by atoms with Crippen molar-refractivity contribution in [1.29, 1.82) is 0 Å². The fourth-order valence-electron chi connectivity index (χ4n) is 3.71. The van der Waals surface area contributed by atoms with E-state index in [-0.39, 0.29) is 0 Å². The quantitative estimate of drug-likeness (QED) is 0.884. The molecule has 0 radical (unpaired) electrons. The summed E-state index contributed by atoms with van der Waals surface area (Å²) in [6, 6.07) is 6.81. The largest absolute Gasteiger partial charge is 0.497 e. The minimum absolute atomic E-state index is 0.718. The molecule has 3 rings (SSSR count). The Bertz CT molecular complexity index is 424. The predicted octanol–water partition coefficient (Wildman–Crippen LogP) is 2.98. The van der Waals surface area contributed by atoms with Gasteiger partial charge in [0, 0.05) is 18.7 Å². The SMILES string of the molecule is COc1cc(CNC2CC3CCC2C3)cc(OC)c1. The van der Waals surface area contributed by atoms with Crippen molar-refractivity contribution in [2.45, 2.75) is 38.3 Å². The molecule has 2 aliphatic carbocycles. The summed E-state index contributed by atoms with van der Waals surface area (Å²) in [6.45, 7) is 0.904. The number of ether oxygens (including phenoxy) is 2. The van der Waals surface area contributed by atoms with Crippen LogP contribution < -0.4 is 14.8 Å². The van der Waals surface area contributed by atoms with Gasteiger partial charge in [-0.05, 0) is 48.8 Å². The zero-order valence-electron chi connectivity index (χ0n) is 11.8. The number of hydrogen-bond donors (Lipinski definition) is 1. The van der Waals surface area contributed by atoms with Crippen LogP contribution in [0.5, 0.6) is 11.5 Å². The van der Waals surface area contributed by atoms with Gasteiger partial charge in [0.05, 0.1) is 14.2 Å². The van der Waals surface area contributed by atoms with Crippen molar-refractivity contribution >= 4 is 0 Å². The maximum absolute atomic E-state index is 5.31. The van der Waals surface area contributed by atoms with Gasteiger partial charge in [0.25, 0.3) is 0 Å². The van der Waals surface area contributed by atoms with E-state index in [1.54, 1.807) is 14.2 Å². The van der Waals surface area contributed by atoms with E-state index in [1.165, 1.54) is 31.2 Å². The number of hydrogen-bond acceptors (Lipinski definition) is 3. The fourth-order valence-corrected chi connectivity index (χ4v) is 3.71. The van der Waals surface area contributed by atoms with Gasteiger partial charge in [0.1, 0.15) is 11.5 Å². The highest BCUT2D eigenvalue weighted by Crippen LogP contribution is 2.44. The molecule has 2 bridgehead atoms. The Balaban J connectivity index is 1.63. The molecular weight excluding hydrogens is 238 g/mol. The van der Waals surface area contributed by atoms with Gasteiger partial charge in [-0.15, -0.1) is 0 Å². The Kier molecular flexibility index (Phi) is 3.65. The van der Waals surface area contributed by atoms with Crippen molar-refractivity contribution in [2.75, 3.05) is 14.2 Å². The van der Waals surface area contributed by atoms with Crippen LogP contribution in [-0.4, -0.2) is 20.3 Å². The van der Waals surface area contributed by atoms with E-state index in [0.29, 0.717) is 0 Å². The molecule has 3 atom stereocenters. The van der Waals surface area contributed by atoms with Crippen molar-refractivity contribution < 1.29 is 9.47 Å². The summed E-state index contributed by atoms with van der Waals surface area (Å²) in [5.41, 5.74) is 1.24. The van der Waals surface area contributed by atoms with E-state index in [2.05, 4.69) is 17.4 Å². The summed E-state index contributed by atoms with van der Waals surface area (Å²) in [6.07, 6.45) is 5.68. The molecule has 0 aromatic heterocycles. The summed E-state index contributed by atoms with van der Waals surface area (Å²) >= 11 is 0. The van der Waals surface area contributed by atoms with Crippen LogP contribution in [-0.2, 0) is 6.54 Å². The van der Waals surface area contributed by atoms with Crippen LogP contribution in [0.3, 0.4) is 0 Å². The van der Waals surface area contributed by atoms with Crippen LogP contribution >= 0.6 is 0 Å². The topological polar surface area (TPSA) is 30.5 Å². The molecule has 0 aliphatic heterocycles. The molecule has 3 unspecified atom stereocenters. The summed E-state index contributed by atoms with van der Waals surface area (Å²) in [7, 11) is 3.39. The van der Waals surface area contributed by atoms with Crippen molar-refractivity contribution in [1.82, 2.24) is 5.32 Å². The number of rotatable bonds is 5. The van der Waals surface area contributed by atoms with Gasteiger partial charge in [-0.1, -0.05) is 6.42 Å². The van der Waals surface area contributed by atoms with Gasteiger partial charge in [0.15, 0.2) is 0 Å². The molecule has 3 heteroatoms. The van der Waals surface area contributed by atoms with E-state index >= 15 is 0 Å². The highest BCUT2D eigenvalue weighted by molar-refractivity contribution is 5.38. The molecule has 1 N–H and O–H groups in total. The highest BCUT2D eigenvalue weighted by Gasteiger charge is 2.38. The second kappa shape index (κ2) is 5.41. The maximum Gasteiger partial charge on any atom is 0.122 e. The third kappa shape index (κ3) is 2.71. The first-order valence-electron chi connectivity index (χ1n) is 7.24. The average molecular weight is 261 g/mol. The minimum Gasteiger partial charge on any atom is -0.497 e. The summed E-state index contributed by atoms with van der Waals surface area (Å²) in [4.78, 5) is 0. The van der Waals surface area contributed by atoms with Crippen LogP contribution in [0.25, 0.3) is 0 Å². The molecule has 0 amide bonds. The first-order valence-corrected chi connectivity index (χ1v) is 7.24. The molecule has 1 aromatic rings. The van der Waals surface area contributed by atoms with Crippen molar-refractivity contribution in [3.05, 3.63) is 23.8 Å². The molecule has 2 saturated carbocycles. The van der Waals surface area contributed by atoms with Gasteiger partial charge in [-0.3, -0.25) is 0 Å². The molecule has 3 nitrogen and oxygen atoms in total. The van der Waals surface area contributed by atoms with E-state index in [1.807, 2.05) is 6.07 Å². The third-order valence-corrected chi connectivity index (χ3v) is 4.72. The monoisotopic (exact) mass is 261 g/mol. The maximum atomic E-state index is 5.31. The predicted molar refractivity (Wildman–Crippen MR) is 75.6 cm³/mol. The van der Waals surface area contributed by atoms with E-state index in [4.69, 9.17) is 9.47 Å². The number of methoxy groups -OCH3 is 2. The van der Waals surface area contributed by atoms with Crippen LogP contribution in [0.2, 0.25) is 0 Å². The van der Waals surface area contributed by atoms with Crippen LogP contribution in [0.4, 0.5) is 0 Å². The minimum atomic E-state index is 0.718. The zero-order chi connectivity index (χ0) is 13.2. The Labute approximate surface area is 115 Å². The van der Waals surface area contributed by atoms with Crippen molar-refractivity contribution in [3.8, 4) is 11.5 Å². The Hall–Kier alpha value is -1.22. The average Bonchev–Trinajstić information content (AvgIpc) is 3.07. The summed E-state index contributed by atoms with van der Waals surface area (Å²) < 4.78 is 10.6. The molecule has 0 heterocycles. The molecule has 0 spiro atoms. The normalized spacial score (nSPS) is 28.6. The van der Waals surface area contributed by atoms with Gasteiger partial charge >= 0.3 is 0 Å². The molecule has 2 aliphatic rings. The standard InChI is InChI=1S/C16H23NO2/c1-18-14-6-12(7-15(9-14)19-2)10-17-16-8-11-3-4-13(16)5-11/h6-7,9,11,13,16-17H,3-5,8,10H2,1-2H3. The lowest BCUT2D eigenvalue weighted by atomic mass is 9.95. The second-order valence-electron chi connectivity index (χ2n) is 5.88. The summed E-state index contributed by atoms with van der Waals surface area (Å²) in [5.74, 6) is 3.63. The van der Waals surface area contributed by atoms with E-state index in [9.17, 15) is 0 Å². The van der Waals surface area contributed by atoms with Crippen molar-refractivity contribution in [2.24, 2.45) is 11.8 Å². The van der Waals surface area contributed by atoms with Gasteiger partial charge < -0.3 is 14.8 Å². The number of nitrogens with one attached hydrogen (secondary N) is 1. The lowest BCUT2D eigenvalue weighted by Gasteiger charge is -2.23. The fraction of sp³-hybridized carbons (Fsp3) is 0.625. The lowest BCUT2D eigenvalue weighted by Crippen LogP contribution is -2.33. The Morgan fingerprint density at radius 2 is 1.79 bits per heavy atom. The molecule has 1 aromatic carbocycles. The Morgan fingerprint density at radius 1 is 1.05 bits per heavy atom. The number of benzene rings is 1. The Morgan fingerprint density at radius 3 is 2.32 bits per heavy atom. The van der Waals surface area contributed by atoms with Crippen molar-refractivity contribution in [3.63, 3.8) is 0 Å². The lowest BCUT2D eigenvalue weighted by molar-refractivity contribution is 0.349. The highest BCUT2D eigenvalue weighted by atomic mass is 16.5. The van der Waals surface area contributed by atoms with Gasteiger partial charge in [0.2, 0.25) is 0 Å². The van der Waals surface area contributed by atoms with Crippen LogP contribution in [0.15, 0.2) is 18.2 Å². The first-order chi connectivity index (χ1) is 9.28. The van der Waals surface area contributed by atoms with E-state index < -0.39 is 0 Å². The van der Waals surface area contributed by atoms with Crippen LogP contribution in [0, 0.1) is 11.8 Å².